The number of hydrogen-bond acceptors (Lipinski definition) is 3. The first-order chi connectivity index (χ1) is 7.00. The van der Waals surface area contributed by atoms with Crippen molar-refractivity contribution in [2.45, 2.75) is 32.9 Å². The maximum atomic E-state index is 11.9. The summed E-state index contributed by atoms with van der Waals surface area (Å²) in [6, 6.07) is 0.710. The molecule has 1 heterocycles. The van der Waals surface area contributed by atoms with Crippen LogP contribution in [0.15, 0.2) is 0 Å². The molecule has 1 amide bonds. The van der Waals surface area contributed by atoms with E-state index in [-0.39, 0.29) is 5.91 Å². The standard InChI is InChI=1S/C11H23N3O/c1-9(2)12-7-11(15)14-6-5-13(4)8-10(14)3/h9-10,12H,5-8H2,1-4H3. The molecule has 0 aromatic rings. The predicted molar refractivity (Wildman–Crippen MR) is 61.8 cm³/mol. The van der Waals surface area contributed by atoms with Crippen LogP contribution in [0.3, 0.4) is 0 Å². The van der Waals surface area contributed by atoms with Crippen molar-refractivity contribution in [1.29, 1.82) is 0 Å². The molecule has 0 aliphatic carbocycles. The molecule has 15 heavy (non-hydrogen) atoms. The van der Waals surface area contributed by atoms with Gasteiger partial charge in [-0.3, -0.25) is 4.79 Å². The van der Waals surface area contributed by atoms with E-state index in [2.05, 4.69) is 38.0 Å². The lowest BCUT2D eigenvalue weighted by atomic mass is 10.2. The Morgan fingerprint density at radius 3 is 2.67 bits per heavy atom. The van der Waals surface area contributed by atoms with Gasteiger partial charge in [0, 0.05) is 31.7 Å². The highest BCUT2D eigenvalue weighted by atomic mass is 16.2. The summed E-state index contributed by atoms with van der Waals surface area (Å²) in [7, 11) is 2.10. The fourth-order valence-corrected chi connectivity index (χ4v) is 1.90. The second kappa shape index (κ2) is 5.47. The van der Waals surface area contributed by atoms with Crippen molar-refractivity contribution in [2.24, 2.45) is 0 Å². The van der Waals surface area contributed by atoms with E-state index in [1.54, 1.807) is 0 Å². The fourth-order valence-electron chi connectivity index (χ4n) is 1.90. The molecule has 1 fully saturated rings. The summed E-state index contributed by atoms with van der Waals surface area (Å²) >= 11 is 0. The Labute approximate surface area is 92.6 Å². The third kappa shape index (κ3) is 3.80. The molecule has 0 radical (unpaired) electrons. The average Bonchev–Trinajstić information content (AvgIpc) is 2.14. The number of amides is 1. The van der Waals surface area contributed by atoms with E-state index in [0.717, 1.165) is 19.6 Å². The summed E-state index contributed by atoms with van der Waals surface area (Å²) in [6.45, 7) is 9.51. The molecule has 0 aromatic carbocycles. The second-order valence-electron chi connectivity index (χ2n) is 4.73. The quantitative estimate of drug-likeness (QED) is 0.725. The molecule has 1 rings (SSSR count). The van der Waals surface area contributed by atoms with Crippen molar-refractivity contribution in [3.8, 4) is 0 Å². The van der Waals surface area contributed by atoms with Crippen LogP contribution in [0.25, 0.3) is 0 Å². The van der Waals surface area contributed by atoms with Crippen LogP contribution < -0.4 is 5.32 Å². The summed E-state index contributed by atoms with van der Waals surface area (Å²) in [6.07, 6.45) is 0. The van der Waals surface area contributed by atoms with Crippen molar-refractivity contribution in [1.82, 2.24) is 15.1 Å². The van der Waals surface area contributed by atoms with Crippen molar-refractivity contribution in [3.63, 3.8) is 0 Å². The Morgan fingerprint density at radius 2 is 2.13 bits per heavy atom. The molecule has 4 nitrogen and oxygen atoms in total. The molecule has 1 atom stereocenters. The zero-order valence-electron chi connectivity index (χ0n) is 10.3. The molecule has 1 N–H and O–H groups in total. The van der Waals surface area contributed by atoms with Gasteiger partial charge >= 0.3 is 0 Å². The van der Waals surface area contributed by atoms with Gasteiger partial charge in [-0.15, -0.1) is 0 Å². The summed E-state index contributed by atoms with van der Waals surface area (Å²) in [5, 5.41) is 3.17. The molecule has 0 saturated carbocycles. The van der Waals surface area contributed by atoms with Gasteiger partial charge in [0.25, 0.3) is 0 Å². The van der Waals surface area contributed by atoms with Crippen molar-refractivity contribution in [3.05, 3.63) is 0 Å². The first-order valence-corrected chi connectivity index (χ1v) is 5.72. The van der Waals surface area contributed by atoms with Crippen molar-refractivity contribution in [2.75, 3.05) is 33.2 Å². The van der Waals surface area contributed by atoms with Crippen molar-refractivity contribution < 1.29 is 4.79 Å². The normalized spacial score (nSPS) is 23.5. The molecule has 1 aliphatic rings. The Kier molecular flexibility index (Phi) is 4.54. The van der Waals surface area contributed by atoms with Crippen LogP contribution in [0.4, 0.5) is 0 Å². The molecule has 0 bridgehead atoms. The van der Waals surface area contributed by atoms with Gasteiger partial charge in [0.15, 0.2) is 0 Å². The van der Waals surface area contributed by atoms with E-state index in [4.69, 9.17) is 0 Å². The van der Waals surface area contributed by atoms with Crippen LogP contribution in [0.2, 0.25) is 0 Å². The van der Waals surface area contributed by atoms with Gasteiger partial charge < -0.3 is 15.1 Å². The summed E-state index contributed by atoms with van der Waals surface area (Å²) in [5.41, 5.74) is 0. The third-order valence-corrected chi connectivity index (χ3v) is 2.81. The van der Waals surface area contributed by atoms with Gasteiger partial charge in [0.05, 0.1) is 6.54 Å². The molecule has 4 heteroatoms. The van der Waals surface area contributed by atoms with Crippen LogP contribution in [0.5, 0.6) is 0 Å². The minimum absolute atomic E-state index is 0.226. The first kappa shape index (κ1) is 12.5. The highest BCUT2D eigenvalue weighted by Crippen LogP contribution is 2.07. The summed E-state index contributed by atoms with van der Waals surface area (Å²) in [4.78, 5) is 16.1. The fraction of sp³-hybridized carbons (Fsp3) is 0.909. The highest BCUT2D eigenvalue weighted by molar-refractivity contribution is 5.78. The lowest BCUT2D eigenvalue weighted by Gasteiger charge is -2.38. The van der Waals surface area contributed by atoms with Crippen molar-refractivity contribution >= 4 is 5.91 Å². The highest BCUT2D eigenvalue weighted by Gasteiger charge is 2.25. The number of likely N-dealkylation sites (N-methyl/N-ethyl adjacent to an activating group) is 1. The van der Waals surface area contributed by atoms with Gasteiger partial charge in [0.2, 0.25) is 5.91 Å². The molecule has 0 aromatic heterocycles. The Morgan fingerprint density at radius 1 is 1.47 bits per heavy atom. The largest absolute Gasteiger partial charge is 0.336 e. The van der Waals surface area contributed by atoms with Crippen LogP contribution in [0, 0.1) is 0 Å². The van der Waals surface area contributed by atoms with E-state index in [1.165, 1.54) is 0 Å². The topological polar surface area (TPSA) is 35.6 Å². The average molecular weight is 213 g/mol. The number of nitrogens with zero attached hydrogens (tertiary/aromatic N) is 2. The number of piperazine rings is 1. The van der Waals surface area contributed by atoms with Gasteiger partial charge in [-0.25, -0.2) is 0 Å². The Hall–Kier alpha value is -0.610. The van der Waals surface area contributed by atoms with Gasteiger partial charge in [-0.2, -0.15) is 0 Å². The van der Waals surface area contributed by atoms with Gasteiger partial charge in [-0.1, -0.05) is 13.8 Å². The number of nitrogens with one attached hydrogen (secondary N) is 1. The second-order valence-corrected chi connectivity index (χ2v) is 4.73. The van der Waals surface area contributed by atoms with E-state index in [1.807, 2.05) is 4.90 Å². The number of carbonyl (C=O) groups excluding carboxylic acids is 1. The predicted octanol–water partition coefficient (Wildman–Crippen LogP) is 0.147. The SMILES string of the molecule is CC(C)NCC(=O)N1CCN(C)CC1C. The Balaban J connectivity index is 2.38. The van der Waals surface area contributed by atoms with E-state index < -0.39 is 0 Å². The van der Waals surface area contributed by atoms with Crippen LogP contribution >= 0.6 is 0 Å². The lowest BCUT2D eigenvalue weighted by molar-refractivity contribution is -0.134. The van der Waals surface area contributed by atoms with Gasteiger partial charge in [-0.05, 0) is 14.0 Å². The summed E-state index contributed by atoms with van der Waals surface area (Å²) in [5.74, 6) is 0.226. The van der Waals surface area contributed by atoms with Gasteiger partial charge in [0.1, 0.15) is 0 Å². The van der Waals surface area contributed by atoms with E-state index in [0.29, 0.717) is 18.6 Å². The minimum atomic E-state index is 0.226. The molecule has 88 valence electrons. The Bertz CT molecular complexity index is 218. The van der Waals surface area contributed by atoms with Crippen LogP contribution in [-0.4, -0.2) is 61.0 Å². The van der Waals surface area contributed by atoms with Crippen LogP contribution in [0.1, 0.15) is 20.8 Å². The monoisotopic (exact) mass is 213 g/mol. The molecular weight excluding hydrogens is 190 g/mol. The molecule has 0 spiro atoms. The summed E-state index contributed by atoms with van der Waals surface area (Å²) < 4.78 is 0. The molecule has 1 aliphatic heterocycles. The minimum Gasteiger partial charge on any atom is -0.336 e. The molecule has 1 saturated heterocycles. The number of carbonyl (C=O) groups is 1. The lowest BCUT2D eigenvalue weighted by Crippen LogP contribution is -2.54. The smallest absolute Gasteiger partial charge is 0.236 e. The zero-order chi connectivity index (χ0) is 11.4. The van der Waals surface area contributed by atoms with Crippen LogP contribution in [-0.2, 0) is 4.79 Å². The number of rotatable bonds is 3. The first-order valence-electron chi connectivity index (χ1n) is 5.72. The molecular formula is C11H23N3O. The number of hydrogen-bond donors (Lipinski definition) is 1. The maximum absolute atomic E-state index is 11.9. The van der Waals surface area contributed by atoms with E-state index in [9.17, 15) is 4.79 Å². The van der Waals surface area contributed by atoms with E-state index >= 15 is 0 Å². The maximum Gasteiger partial charge on any atom is 0.236 e. The third-order valence-electron chi connectivity index (χ3n) is 2.81. The zero-order valence-corrected chi connectivity index (χ0v) is 10.3. The molecule has 1 unspecified atom stereocenters.